The van der Waals surface area contributed by atoms with Gasteiger partial charge in [-0.25, -0.2) is 0 Å². The molecule has 19 heavy (non-hydrogen) atoms. The van der Waals surface area contributed by atoms with E-state index in [0.29, 0.717) is 6.61 Å². The fourth-order valence-corrected chi connectivity index (χ4v) is 3.19. The summed E-state index contributed by atoms with van der Waals surface area (Å²) >= 11 is 0. The van der Waals surface area contributed by atoms with E-state index in [2.05, 4.69) is 11.0 Å². The van der Waals surface area contributed by atoms with Crippen LogP contribution in [0.3, 0.4) is 0 Å². The molecule has 2 heterocycles. The topological polar surface area (TPSA) is 47.7 Å². The molecule has 0 spiro atoms. The average Bonchev–Trinajstić information content (AvgIpc) is 2.47. The minimum atomic E-state index is 0.0395. The van der Waals surface area contributed by atoms with Crippen LogP contribution in [0.4, 0.5) is 0 Å². The largest absolute Gasteiger partial charge is 0.497 e. The molecular weight excluding hydrogens is 240 g/mol. The van der Waals surface area contributed by atoms with Crippen LogP contribution in [0.2, 0.25) is 0 Å². The third kappa shape index (κ3) is 2.42. The third-order valence-corrected chi connectivity index (χ3v) is 4.16. The van der Waals surface area contributed by atoms with Crippen LogP contribution in [-0.2, 0) is 0 Å². The normalized spacial score (nSPS) is 27.5. The summed E-state index contributed by atoms with van der Waals surface area (Å²) in [6.07, 6.45) is 3.87. The van der Waals surface area contributed by atoms with Crippen LogP contribution < -0.4 is 15.2 Å². The van der Waals surface area contributed by atoms with E-state index in [4.69, 9.17) is 15.2 Å². The number of nitrogens with two attached hydrogens (primary N) is 1. The summed E-state index contributed by atoms with van der Waals surface area (Å²) in [5, 5.41) is 0. The number of benzene rings is 1. The molecule has 2 atom stereocenters. The van der Waals surface area contributed by atoms with Crippen LogP contribution in [-0.4, -0.2) is 37.7 Å². The minimum Gasteiger partial charge on any atom is -0.497 e. The Kier molecular flexibility index (Phi) is 3.62. The number of methoxy groups -OCH3 is 1. The van der Waals surface area contributed by atoms with E-state index in [9.17, 15) is 0 Å². The summed E-state index contributed by atoms with van der Waals surface area (Å²) in [7, 11) is 1.70. The number of hydrogen-bond donors (Lipinski definition) is 1. The lowest BCUT2D eigenvalue weighted by Crippen LogP contribution is -2.48. The fraction of sp³-hybridized carbons (Fsp3) is 0.600. The summed E-state index contributed by atoms with van der Waals surface area (Å²) in [6.45, 7) is 2.87. The van der Waals surface area contributed by atoms with Crippen LogP contribution >= 0.6 is 0 Å². The monoisotopic (exact) mass is 262 g/mol. The quantitative estimate of drug-likeness (QED) is 0.885. The van der Waals surface area contributed by atoms with Gasteiger partial charge in [-0.3, -0.25) is 4.90 Å². The molecule has 3 rings (SSSR count). The van der Waals surface area contributed by atoms with Crippen LogP contribution in [0, 0.1) is 0 Å². The molecule has 2 unspecified atom stereocenters. The molecule has 2 aliphatic heterocycles. The zero-order valence-electron chi connectivity index (χ0n) is 11.5. The molecule has 0 radical (unpaired) electrons. The van der Waals surface area contributed by atoms with Gasteiger partial charge in [-0.05, 0) is 44.1 Å². The first kappa shape index (κ1) is 12.8. The lowest BCUT2D eigenvalue weighted by molar-refractivity contribution is 0.100. The first-order chi connectivity index (χ1) is 9.29. The van der Waals surface area contributed by atoms with Gasteiger partial charge in [-0.1, -0.05) is 6.42 Å². The summed E-state index contributed by atoms with van der Waals surface area (Å²) in [4.78, 5) is 2.51. The van der Waals surface area contributed by atoms with E-state index in [1.165, 1.54) is 24.8 Å². The Bertz CT molecular complexity index is 444. The zero-order valence-corrected chi connectivity index (χ0v) is 11.5. The maximum atomic E-state index is 6.31. The SMILES string of the molecule is COc1ccc2c(c1)C(N1CCCCC1)C(N)CO2. The molecule has 2 aliphatic rings. The van der Waals surface area contributed by atoms with E-state index >= 15 is 0 Å². The molecule has 0 aromatic heterocycles. The van der Waals surface area contributed by atoms with Crippen molar-refractivity contribution in [3.8, 4) is 11.5 Å². The van der Waals surface area contributed by atoms with Crippen molar-refractivity contribution in [2.75, 3.05) is 26.8 Å². The van der Waals surface area contributed by atoms with Crippen molar-refractivity contribution in [1.82, 2.24) is 4.90 Å². The smallest absolute Gasteiger partial charge is 0.124 e. The molecule has 0 bridgehead atoms. The predicted octanol–water partition coefficient (Wildman–Crippen LogP) is 1.94. The zero-order chi connectivity index (χ0) is 13.2. The Morgan fingerprint density at radius 1 is 1.26 bits per heavy atom. The number of fused-ring (bicyclic) bond motifs is 1. The molecule has 0 aliphatic carbocycles. The highest BCUT2D eigenvalue weighted by atomic mass is 16.5. The van der Waals surface area contributed by atoms with E-state index in [-0.39, 0.29) is 12.1 Å². The second-order valence-corrected chi connectivity index (χ2v) is 5.42. The van der Waals surface area contributed by atoms with Gasteiger partial charge in [0.05, 0.1) is 19.2 Å². The highest BCUT2D eigenvalue weighted by Crippen LogP contribution is 2.38. The van der Waals surface area contributed by atoms with Gasteiger partial charge >= 0.3 is 0 Å². The van der Waals surface area contributed by atoms with E-state index in [1.807, 2.05) is 12.1 Å². The standard InChI is InChI=1S/C15H22N2O2/c1-18-11-5-6-14-12(9-11)15(13(16)10-19-14)17-7-3-2-4-8-17/h5-6,9,13,15H,2-4,7-8,10,16H2,1H3. The van der Waals surface area contributed by atoms with Crippen LogP contribution in [0.15, 0.2) is 18.2 Å². The van der Waals surface area contributed by atoms with Crippen LogP contribution in [0.1, 0.15) is 30.9 Å². The summed E-state index contributed by atoms with van der Waals surface area (Å²) < 4.78 is 11.1. The Balaban J connectivity index is 1.94. The summed E-state index contributed by atoms with van der Waals surface area (Å²) in [5.41, 5.74) is 7.49. The van der Waals surface area contributed by atoms with Gasteiger partial charge in [0.25, 0.3) is 0 Å². The van der Waals surface area contributed by atoms with Gasteiger partial charge in [0, 0.05) is 5.56 Å². The van der Waals surface area contributed by atoms with Gasteiger partial charge in [0.1, 0.15) is 18.1 Å². The molecule has 2 N–H and O–H groups in total. The lowest BCUT2D eigenvalue weighted by Gasteiger charge is -2.41. The number of ether oxygens (including phenoxy) is 2. The number of hydrogen-bond acceptors (Lipinski definition) is 4. The van der Waals surface area contributed by atoms with Crippen molar-refractivity contribution in [3.63, 3.8) is 0 Å². The van der Waals surface area contributed by atoms with Crippen molar-refractivity contribution in [2.24, 2.45) is 5.73 Å². The third-order valence-electron chi connectivity index (χ3n) is 4.16. The van der Waals surface area contributed by atoms with E-state index in [0.717, 1.165) is 24.6 Å². The van der Waals surface area contributed by atoms with Gasteiger partial charge in [0.2, 0.25) is 0 Å². The first-order valence-corrected chi connectivity index (χ1v) is 7.10. The van der Waals surface area contributed by atoms with Crippen molar-refractivity contribution < 1.29 is 9.47 Å². The Morgan fingerprint density at radius 2 is 2.05 bits per heavy atom. The number of rotatable bonds is 2. The number of nitrogens with zero attached hydrogens (tertiary/aromatic N) is 1. The molecule has 104 valence electrons. The maximum absolute atomic E-state index is 6.31. The summed E-state index contributed by atoms with van der Waals surface area (Å²) in [6, 6.07) is 6.32. The Hall–Kier alpha value is -1.26. The molecule has 1 saturated heterocycles. The Morgan fingerprint density at radius 3 is 2.79 bits per heavy atom. The lowest BCUT2D eigenvalue weighted by atomic mass is 9.93. The molecule has 0 saturated carbocycles. The molecule has 0 amide bonds. The maximum Gasteiger partial charge on any atom is 0.124 e. The van der Waals surface area contributed by atoms with Crippen molar-refractivity contribution in [2.45, 2.75) is 31.3 Å². The predicted molar refractivity (Wildman–Crippen MR) is 74.6 cm³/mol. The minimum absolute atomic E-state index is 0.0395. The van der Waals surface area contributed by atoms with Crippen molar-refractivity contribution in [1.29, 1.82) is 0 Å². The molecule has 1 aromatic carbocycles. The van der Waals surface area contributed by atoms with E-state index < -0.39 is 0 Å². The van der Waals surface area contributed by atoms with Crippen LogP contribution in [0.5, 0.6) is 11.5 Å². The number of likely N-dealkylation sites (tertiary alicyclic amines) is 1. The summed E-state index contributed by atoms with van der Waals surface area (Å²) in [5.74, 6) is 1.83. The van der Waals surface area contributed by atoms with Gasteiger partial charge < -0.3 is 15.2 Å². The average molecular weight is 262 g/mol. The molecule has 1 fully saturated rings. The second-order valence-electron chi connectivity index (χ2n) is 5.42. The second kappa shape index (κ2) is 5.39. The molecule has 1 aromatic rings. The van der Waals surface area contributed by atoms with Gasteiger partial charge in [-0.15, -0.1) is 0 Å². The first-order valence-electron chi connectivity index (χ1n) is 7.10. The highest BCUT2D eigenvalue weighted by Gasteiger charge is 2.34. The van der Waals surface area contributed by atoms with Gasteiger partial charge in [-0.2, -0.15) is 0 Å². The molecular formula is C15H22N2O2. The molecule has 4 nitrogen and oxygen atoms in total. The van der Waals surface area contributed by atoms with Crippen LogP contribution in [0.25, 0.3) is 0 Å². The van der Waals surface area contributed by atoms with Crippen molar-refractivity contribution >= 4 is 0 Å². The Labute approximate surface area is 114 Å². The number of piperidine rings is 1. The van der Waals surface area contributed by atoms with Gasteiger partial charge in [0.15, 0.2) is 0 Å². The highest BCUT2D eigenvalue weighted by molar-refractivity contribution is 5.44. The molecule has 4 heteroatoms. The van der Waals surface area contributed by atoms with E-state index in [1.54, 1.807) is 7.11 Å². The van der Waals surface area contributed by atoms with Crippen molar-refractivity contribution in [3.05, 3.63) is 23.8 Å². The fourth-order valence-electron chi connectivity index (χ4n) is 3.19.